The number of hydrogen-bond donors (Lipinski definition) is 2. The van der Waals surface area contributed by atoms with E-state index in [1.807, 2.05) is 59.8 Å². The monoisotopic (exact) mass is 517 g/mol. The standard InChI is InChI=1S/C23H29NO5.C4H10.2C2H6/c1-7-11-24-14-19(23(26)27)20(25)13-16(3)15(2)12-17(4)18-9-8-10-21(28-5)22(18)29-6;1-4(2)3;2*1-2/h8-10,12-14,25H,4,7,11H2,1-3,5-6H3,(H,26,27);4H,1-3H3;2*1-2H3/b15-12+,16-13+,20-19-,24-14?;;;. The molecule has 0 fully saturated rings. The molecule has 2 N–H and O–H groups in total. The Morgan fingerprint density at radius 3 is 1.95 bits per heavy atom. The third kappa shape index (κ3) is 16.2. The molecule has 0 aliphatic carbocycles. The van der Waals surface area contributed by atoms with Crippen molar-refractivity contribution in [2.75, 3.05) is 20.8 Å². The van der Waals surface area contributed by atoms with Gasteiger partial charge in [-0.25, -0.2) is 4.79 Å². The summed E-state index contributed by atoms with van der Waals surface area (Å²) in [6, 6.07) is 5.52. The Morgan fingerprint density at radius 2 is 1.51 bits per heavy atom. The molecule has 6 nitrogen and oxygen atoms in total. The van der Waals surface area contributed by atoms with Crippen molar-refractivity contribution >= 4 is 17.8 Å². The highest BCUT2D eigenvalue weighted by Crippen LogP contribution is 2.35. The number of aliphatic carboxylic acids is 1. The van der Waals surface area contributed by atoms with Gasteiger partial charge in [-0.15, -0.1) is 0 Å². The van der Waals surface area contributed by atoms with Gasteiger partial charge >= 0.3 is 5.97 Å². The summed E-state index contributed by atoms with van der Waals surface area (Å²) in [6.45, 7) is 24.7. The van der Waals surface area contributed by atoms with Crippen LogP contribution in [0, 0.1) is 5.92 Å². The number of aliphatic hydroxyl groups is 1. The summed E-state index contributed by atoms with van der Waals surface area (Å²) in [5.74, 6) is 0.418. The largest absolute Gasteiger partial charge is 0.507 e. The normalized spacial score (nSPS) is 11.7. The van der Waals surface area contributed by atoms with E-state index >= 15 is 0 Å². The molecule has 0 amide bonds. The molecular weight excluding hydrogens is 466 g/mol. The lowest BCUT2D eigenvalue weighted by Gasteiger charge is -2.13. The molecule has 37 heavy (non-hydrogen) atoms. The molecule has 6 heteroatoms. The van der Waals surface area contributed by atoms with Crippen LogP contribution in [0.15, 0.2) is 64.4 Å². The maximum atomic E-state index is 11.4. The van der Waals surface area contributed by atoms with Crippen molar-refractivity contribution in [1.82, 2.24) is 0 Å². The van der Waals surface area contributed by atoms with Crippen LogP contribution in [0.25, 0.3) is 5.57 Å². The Kier molecular flexibility index (Phi) is 23.9. The third-order valence-corrected chi connectivity index (χ3v) is 4.19. The van der Waals surface area contributed by atoms with E-state index in [9.17, 15) is 15.0 Å². The summed E-state index contributed by atoms with van der Waals surface area (Å²) in [6.07, 6.45) is 5.21. The minimum Gasteiger partial charge on any atom is -0.507 e. The number of aliphatic imine (C=N–C) groups is 1. The number of aliphatic hydroxyl groups excluding tert-OH is 1. The molecule has 0 bridgehead atoms. The number of ether oxygens (including phenoxy) is 2. The molecule has 0 spiro atoms. The van der Waals surface area contributed by atoms with E-state index in [1.54, 1.807) is 27.2 Å². The molecule has 210 valence electrons. The fourth-order valence-electron chi connectivity index (χ4n) is 2.51. The number of carbonyl (C=O) groups is 1. The number of benzene rings is 1. The van der Waals surface area contributed by atoms with Crippen molar-refractivity contribution in [2.45, 2.75) is 75.7 Å². The van der Waals surface area contributed by atoms with Gasteiger partial charge in [0.05, 0.1) is 14.2 Å². The lowest BCUT2D eigenvalue weighted by atomic mass is 10.00. The van der Waals surface area contributed by atoms with Gasteiger partial charge in [-0.2, -0.15) is 0 Å². The molecular formula is C31H51NO5. The Hall–Kier alpha value is -3.28. The van der Waals surface area contributed by atoms with E-state index in [0.29, 0.717) is 29.2 Å². The van der Waals surface area contributed by atoms with Crippen LogP contribution in [0.2, 0.25) is 0 Å². The van der Waals surface area contributed by atoms with Crippen molar-refractivity contribution in [3.63, 3.8) is 0 Å². The van der Waals surface area contributed by atoms with Crippen LogP contribution in [0.5, 0.6) is 11.5 Å². The highest BCUT2D eigenvalue weighted by Gasteiger charge is 2.13. The lowest BCUT2D eigenvalue weighted by molar-refractivity contribution is -0.132. The van der Waals surface area contributed by atoms with Gasteiger partial charge in [0.15, 0.2) is 11.5 Å². The first-order valence-corrected chi connectivity index (χ1v) is 12.9. The van der Waals surface area contributed by atoms with Crippen LogP contribution >= 0.6 is 0 Å². The predicted molar refractivity (Wildman–Crippen MR) is 160 cm³/mol. The first-order chi connectivity index (χ1) is 17.5. The number of rotatable bonds is 10. The fraction of sp³-hybridized carbons (Fsp3) is 0.484. The van der Waals surface area contributed by atoms with E-state index < -0.39 is 5.97 Å². The fourth-order valence-corrected chi connectivity index (χ4v) is 2.51. The van der Waals surface area contributed by atoms with Gasteiger partial charge in [0.25, 0.3) is 0 Å². The second-order valence-electron chi connectivity index (χ2n) is 8.09. The summed E-state index contributed by atoms with van der Waals surface area (Å²) >= 11 is 0. The molecule has 1 rings (SSSR count). The second-order valence-corrected chi connectivity index (χ2v) is 8.09. The van der Waals surface area contributed by atoms with E-state index in [0.717, 1.165) is 23.5 Å². The average Bonchev–Trinajstić information content (AvgIpc) is 2.87. The first kappa shape index (κ1) is 38.3. The van der Waals surface area contributed by atoms with Gasteiger partial charge in [-0.1, -0.05) is 80.2 Å². The van der Waals surface area contributed by atoms with Gasteiger partial charge in [0.2, 0.25) is 0 Å². The Bertz CT molecular complexity index is 919. The topological polar surface area (TPSA) is 88.4 Å². The number of hydrogen-bond acceptors (Lipinski definition) is 5. The van der Waals surface area contributed by atoms with Gasteiger partial charge in [-0.3, -0.25) is 4.99 Å². The predicted octanol–water partition coefficient (Wildman–Crippen LogP) is 8.70. The number of nitrogens with zero attached hydrogens (tertiary/aromatic N) is 1. The molecule has 1 aromatic rings. The zero-order valence-corrected chi connectivity index (χ0v) is 25.2. The summed E-state index contributed by atoms with van der Waals surface area (Å²) in [7, 11) is 3.13. The molecule has 0 aliphatic heterocycles. The molecule has 0 aromatic heterocycles. The van der Waals surface area contributed by atoms with Crippen molar-refractivity contribution in [1.29, 1.82) is 0 Å². The van der Waals surface area contributed by atoms with Crippen molar-refractivity contribution < 1.29 is 24.5 Å². The highest BCUT2D eigenvalue weighted by molar-refractivity contribution is 6.09. The second kappa shape index (κ2) is 23.1. The quantitative estimate of drug-likeness (QED) is 0.140. The molecule has 1 aromatic carbocycles. The molecule has 0 aliphatic rings. The molecule has 0 atom stereocenters. The van der Waals surface area contributed by atoms with Crippen molar-refractivity contribution in [3.05, 3.63) is 65.0 Å². The van der Waals surface area contributed by atoms with E-state index in [-0.39, 0.29) is 11.3 Å². The van der Waals surface area contributed by atoms with Crippen molar-refractivity contribution in [2.24, 2.45) is 10.9 Å². The van der Waals surface area contributed by atoms with Crippen molar-refractivity contribution in [3.8, 4) is 11.5 Å². The lowest BCUT2D eigenvalue weighted by Crippen LogP contribution is -2.06. The molecule has 0 heterocycles. The summed E-state index contributed by atoms with van der Waals surface area (Å²) in [4.78, 5) is 15.4. The number of carboxylic acid groups (broad SMARTS) is 1. The number of allylic oxidation sites excluding steroid dienone is 5. The van der Waals surface area contributed by atoms with E-state index in [2.05, 4.69) is 32.3 Å². The third-order valence-electron chi connectivity index (χ3n) is 4.19. The van der Waals surface area contributed by atoms with Crippen LogP contribution in [-0.4, -0.2) is 43.2 Å². The van der Waals surface area contributed by atoms with Gasteiger partial charge in [0.1, 0.15) is 11.3 Å². The average molecular weight is 518 g/mol. The maximum Gasteiger partial charge on any atom is 0.341 e. The zero-order chi connectivity index (χ0) is 29.6. The van der Waals surface area contributed by atoms with Crippen LogP contribution in [0.3, 0.4) is 0 Å². The SMILES string of the molecule is C=C(/C=C(C)/C(C)=C/C(O)=C(\C=NCCC)C(=O)O)c1cccc(OC)c1OC.CC.CC.CC(C)C. The Morgan fingerprint density at radius 1 is 1.00 bits per heavy atom. The maximum absolute atomic E-state index is 11.4. The summed E-state index contributed by atoms with van der Waals surface area (Å²) in [5.41, 5.74) is 2.71. The van der Waals surface area contributed by atoms with E-state index in [4.69, 9.17) is 9.47 Å². The summed E-state index contributed by atoms with van der Waals surface area (Å²) in [5, 5.41) is 19.5. The molecule has 0 unspecified atom stereocenters. The van der Waals surface area contributed by atoms with Gasteiger partial charge < -0.3 is 19.7 Å². The van der Waals surface area contributed by atoms with Crippen LogP contribution in [-0.2, 0) is 4.79 Å². The van der Waals surface area contributed by atoms with Crippen LogP contribution in [0.4, 0.5) is 0 Å². The zero-order valence-electron chi connectivity index (χ0n) is 25.2. The van der Waals surface area contributed by atoms with E-state index in [1.165, 1.54) is 12.3 Å². The molecule has 0 saturated carbocycles. The number of methoxy groups -OCH3 is 2. The number of carboxylic acids is 1. The van der Waals surface area contributed by atoms with Gasteiger partial charge in [-0.05, 0) is 55.0 Å². The minimum atomic E-state index is -1.24. The molecule has 0 radical (unpaired) electrons. The van der Waals surface area contributed by atoms with Crippen LogP contribution in [0.1, 0.15) is 81.2 Å². The Labute approximate surface area is 226 Å². The smallest absolute Gasteiger partial charge is 0.341 e. The highest BCUT2D eigenvalue weighted by atomic mass is 16.5. The van der Waals surface area contributed by atoms with Gasteiger partial charge in [0, 0.05) is 18.3 Å². The minimum absolute atomic E-state index is 0.251. The molecule has 0 saturated heterocycles. The Balaban J connectivity index is -0.00000128. The summed E-state index contributed by atoms with van der Waals surface area (Å²) < 4.78 is 10.8. The van der Waals surface area contributed by atoms with Crippen LogP contribution < -0.4 is 9.47 Å². The first-order valence-electron chi connectivity index (χ1n) is 12.9. The number of para-hydroxylation sites is 1.